The Morgan fingerprint density at radius 2 is 1.89 bits per heavy atom. The third kappa shape index (κ3) is 7.32. The summed E-state index contributed by atoms with van der Waals surface area (Å²) in [6, 6.07) is 7.78. The Morgan fingerprint density at radius 1 is 1.11 bits per heavy atom. The van der Waals surface area contributed by atoms with Crippen LogP contribution in [0.25, 0.3) is 0 Å². The predicted molar refractivity (Wildman–Crippen MR) is 99.8 cm³/mol. The lowest BCUT2D eigenvalue weighted by atomic mass is 9.97. The van der Waals surface area contributed by atoms with Gasteiger partial charge in [-0.2, -0.15) is 5.26 Å². The van der Waals surface area contributed by atoms with E-state index in [-0.39, 0.29) is 24.5 Å². The number of nitrogens with zero attached hydrogens (tertiary/aromatic N) is 1. The van der Waals surface area contributed by atoms with Crippen molar-refractivity contribution < 1.29 is 19.1 Å². The van der Waals surface area contributed by atoms with Crippen LogP contribution in [0.5, 0.6) is 0 Å². The van der Waals surface area contributed by atoms with Gasteiger partial charge in [0.1, 0.15) is 6.42 Å². The van der Waals surface area contributed by atoms with Gasteiger partial charge in [0.2, 0.25) is 5.91 Å². The maximum Gasteiger partial charge on any atom is 0.338 e. The highest BCUT2D eigenvalue weighted by molar-refractivity contribution is 5.94. The number of esters is 1. The number of benzene rings is 1. The van der Waals surface area contributed by atoms with E-state index in [9.17, 15) is 14.4 Å². The normalized spacial score (nSPS) is 13.1. The van der Waals surface area contributed by atoms with E-state index in [1.54, 1.807) is 6.07 Å². The summed E-state index contributed by atoms with van der Waals surface area (Å²) in [5.74, 6) is -1.37. The number of nitrogens with one attached hydrogen (secondary N) is 2. The Hall–Kier alpha value is -3.14. The summed E-state index contributed by atoms with van der Waals surface area (Å²) >= 11 is 0. The second-order valence-electron chi connectivity index (χ2n) is 6.24. The molecule has 27 heavy (non-hydrogen) atoms. The maximum atomic E-state index is 12.0. The number of amides is 2. The SMILES string of the molecule is N#CCC(=O)Nc1ccc(C(=O)OCC(=O)NCCC2=CCCCC2)cc1. The standard InChI is InChI=1S/C20H23N3O4/c21-12-10-18(24)23-17-8-6-16(7-9-17)20(26)27-14-19(25)22-13-11-15-4-2-1-3-5-15/h4,6-9H,1-3,5,10-11,13-14H2,(H,22,25)(H,23,24). The molecule has 0 saturated heterocycles. The first-order valence-corrected chi connectivity index (χ1v) is 8.97. The fraction of sp³-hybridized carbons (Fsp3) is 0.400. The molecule has 2 rings (SSSR count). The first-order valence-electron chi connectivity index (χ1n) is 8.97. The molecule has 0 aromatic heterocycles. The molecule has 1 aliphatic carbocycles. The number of hydrogen-bond acceptors (Lipinski definition) is 5. The molecule has 0 radical (unpaired) electrons. The topological polar surface area (TPSA) is 108 Å². The first kappa shape index (κ1) is 20.2. The molecule has 0 saturated carbocycles. The quantitative estimate of drug-likeness (QED) is 0.541. The third-order valence-electron chi connectivity index (χ3n) is 4.13. The zero-order chi connectivity index (χ0) is 19.5. The summed E-state index contributed by atoms with van der Waals surface area (Å²) in [7, 11) is 0. The first-order chi connectivity index (χ1) is 13.1. The molecular weight excluding hydrogens is 346 g/mol. The van der Waals surface area contributed by atoms with Gasteiger partial charge >= 0.3 is 5.97 Å². The lowest BCUT2D eigenvalue weighted by Gasteiger charge is -2.13. The summed E-state index contributed by atoms with van der Waals surface area (Å²) in [5, 5.41) is 13.7. The van der Waals surface area contributed by atoms with Gasteiger partial charge in [0.15, 0.2) is 6.61 Å². The van der Waals surface area contributed by atoms with Gasteiger partial charge in [-0.3, -0.25) is 9.59 Å². The predicted octanol–water partition coefficient (Wildman–Crippen LogP) is 2.70. The minimum atomic E-state index is -0.616. The Balaban J connectivity index is 1.69. The number of ether oxygens (including phenoxy) is 1. The van der Waals surface area contributed by atoms with E-state index in [1.165, 1.54) is 42.7 Å². The van der Waals surface area contributed by atoms with Gasteiger partial charge in [-0.1, -0.05) is 11.6 Å². The lowest BCUT2D eigenvalue weighted by molar-refractivity contribution is -0.124. The molecule has 0 aliphatic heterocycles. The van der Waals surface area contributed by atoms with Gasteiger partial charge in [-0.25, -0.2) is 4.79 Å². The van der Waals surface area contributed by atoms with Crippen LogP contribution in [0, 0.1) is 11.3 Å². The highest BCUT2D eigenvalue weighted by Crippen LogP contribution is 2.19. The second kappa shape index (κ2) is 10.8. The third-order valence-corrected chi connectivity index (χ3v) is 4.13. The van der Waals surface area contributed by atoms with Crippen LogP contribution >= 0.6 is 0 Å². The molecule has 0 atom stereocenters. The van der Waals surface area contributed by atoms with E-state index in [1.807, 2.05) is 0 Å². The molecule has 1 aliphatic rings. The van der Waals surface area contributed by atoms with Gasteiger partial charge in [-0.05, 0) is 56.4 Å². The number of anilines is 1. The summed E-state index contributed by atoms with van der Waals surface area (Å²) in [6.07, 6.45) is 7.48. The summed E-state index contributed by atoms with van der Waals surface area (Å²) in [4.78, 5) is 35.1. The van der Waals surface area contributed by atoms with Crippen LogP contribution in [0.1, 0.15) is 48.9 Å². The molecule has 0 heterocycles. The number of nitriles is 1. The van der Waals surface area contributed by atoms with Crippen molar-refractivity contribution in [2.75, 3.05) is 18.5 Å². The van der Waals surface area contributed by atoms with Gasteiger partial charge in [0.05, 0.1) is 11.6 Å². The number of carbonyl (C=O) groups is 3. The number of carbonyl (C=O) groups excluding carboxylic acids is 3. The monoisotopic (exact) mass is 369 g/mol. The Morgan fingerprint density at radius 3 is 2.56 bits per heavy atom. The van der Waals surface area contributed by atoms with Crippen LogP contribution in [0.3, 0.4) is 0 Å². The van der Waals surface area contributed by atoms with Crippen LogP contribution in [0.4, 0.5) is 5.69 Å². The zero-order valence-electron chi connectivity index (χ0n) is 15.1. The molecule has 1 aromatic carbocycles. The van der Waals surface area contributed by atoms with Crippen LogP contribution in [-0.2, 0) is 14.3 Å². The highest BCUT2D eigenvalue weighted by atomic mass is 16.5. The fourth-order valence-corrected chi connectivity index (χ4v) is 2.73. The van der Waals surface area contributed by atoms with Crippen molar-refractivity contribution in [3.05, 3.63) is 41.5 Å². The molecule has 7 heteroatoms. The Bertz CT molecular complexity index is 747. The van der Waals surface area contributed by atoms with E-state index in [0.717, 1.165) is 19.3 Å². The number of hydrogen-bond donors (Lipinski definition) is 2. The number of allylic oxidation sites excluding steroid dienone is 1. The Kier molecular flexibility index (Phi) is 8.04. The van der Waals surface area contributed by atoms with Crippen molar-refractivity contribution in [1.82, 2.24) is 5.32 Å². The van der Waals surface area contributed by atoms with E-state index >= 15 is 0 Å². The average molecular weight is 369 g/mol. The van der Waals surface area contributed by atoms with E-state index in [2.05, 4.69) is 16.7 Å². The minimum Gasteiger partial charge on any atom is -0.452 e. The Labute approximate surface area is 158 Å². The van der Waals surface area contributed by atoms with Gasteiger partial charge in [0.25, 0.3) is 5.91 Å². The van der Waals surface area contributed by atoms with Crippen molar-refractivity contribution >= 4 is 23.5 Å². The second-order valence-corrected chi connectivity index (χ2v) is 6.24. The molecule has 2 amide bonds. The van der Waals surface area contributed by atoms with Crippen molar-refractivity contribution in [2.24, 2.45) is 0 Å². The van der Waals surface area contributed by atoms with Crippen LogP contribution in [0.15, 0.2) is 35.9 Å². The molecule has 0 fully saturated rings. The average Bonchev–Trinajstić information content (AvgIpc) is 2.68. The van der Waals surface area contributed by atoms with Gasteiger partial charge in [-0.15, -0.1) is 0 Å². The molecule has 7 nitrogen and oxygen atoms in total. The van der Waals surface area contributed by atoms with Crippen LogP contribution < -0.4 is 10.6 Å². The van der Waals surface area contributed by atoms with E-state index in [4.69, 9.17) is 10.00 Å². The molecule has 0 unspecified atom stereocenters. The van der Waals surface area contributed by atoms with Gasteiger partial charge < -0.3 is 15.4 Å². The van der Waals surface area contributed by atoms with Crippen molar-refractivity contribution in [3.8, 4) is 6.07 Å². The number of rotatable bonds is 8. The summed E-state index contributed by atoms with van der Waals surface area (Å²) < 4.78 is 5.00. The smallest absolute Gasteiger partial charge is 0.338 e. The van der Waals surface area contributed by atoms with Crippen molar-refractivity contribution in [2.45, 2.75) is 38.5 Å². The summed E-state index contributed by atoms with van der Waals surface area (Å²) in [6.45, 7) is 0.206. The molecule has 142 valence electrons. The minimum absolute atomic E-state index is 0.240. The largest absolute Gasteiger partial charge is 0.452 e. The molecule has 0 spiro atoms. The molecule has 2 N–H and O–H groups in total. The summed E-state index contributed by atoms with van der Waals surface area (Å²) in [5.41, 5.74) is 2.12. The van der Waals surface area contributed by atoms with E-state index in [0.29, 0.717) is 12.2 Å². The van der Waals surface area contributed by atoms with Crippen molar-refractivity contribution in [1.29, 1.82) is 5.26 Å². The lowest BCUT2D eigenvalue weighted by Crippen LogP contribution is -2.29. The van der Waals surface area contributed by atoms with Crippen LogP contribution in [0.2, 0.25) is 0 Å². The molecule has 0 bridgehead atoms. The maximum absolute atomic E-state index is 12.0. The fourth-order valence-electron chi connectivity index (χ4n) is 2.73. The van der Waals surface area contributed by atoms with E-state index < -0.39 is 11.9 Å². The molecule has 1 aromatic rings. The van der Waals surface area contributed by atoms with Crippen molar-refractivity contribution in [3.63, 3.8) is 0 Å². The molecular formula is C20H23N3O4. The van der Waals surface area contributed by atoms with Gasteiger partial charge in [0, 0.05) is 12.2 Å². The van der Waals surface area contributed by atoms with Crippen LogP contribution in [-0.4, -0.2) is 30.9 Å². The zero-order valence-corrected chi connectivity index (χ0v) is 15.1. The highest BCUT2D eigenvalue weighted by Gasteiger charge is 2.11.